The fourth-order valence-corrected chi connectivity index (χ4v) is 3.23. The van der Waals surface area contributed by atoms with Crippen molar-refractivity contribution < 1.29 is 13.6 Å². The monoisotopic (exact) mass is 373 g/mol. The van der Waals surface area contributed by atoms with Crippen LogP contribution in [0.2, 0.25) is 0 Å². The molecule has 0 fully saturated rings. The molecular formula is C17H13F2N5OS. The molecule has 6 nitrogen and oxygen atoms in total. The highest BCUT2D eigenvalue weighted by molar-refractivity contribution is 7.07. The summed E-state index contributed by atoms with van der Waals surface area (Å²) < 4.78 is 26.4. The lowest BCUT2D eigenvalue weighted by atomic mass is 10.2. The Morgan fingerprint density at radius 3 is 2.46 bits per heavy atom. The SMILES string of the molecule is O=C(Nc1cc(F)cc(F)c1)Nc1ccc2c(c1)NC(c1cscn1)N2. The molecule has 0 saturated carbocycles. The lowest BCUT2D eigenvalue weighted by Crippen LogP contribution is -2.19. The van der Waals surface area contributed by atoms with Gasteiger partial charge in [0.25, 0.3) is 0 Å². The standard InChI is InChI=1S/C17H13F2N5OS/c18-9-3-10(19)5-12(4-9)22-17(25)21-11-1-2-13-14(6-11)24-16(23-13)15-7-26-8-20-15/h1-8,16,23-24H,(H2,21,22,25). The summed E-state index contributed by atoms with van der Waals surface area (Å²) >= 11 is 1.51. The zero-order valence-corrected chi connectivity index (χ0v) is 14.0. The smallest absolute Gasteiger partial charge is 0.323 e. The number of aromatic nitrogens is 1. The van der Waals surface area contributed by atoms with Crippen LogP contribution in [0.25, 0.3) is 0 Å². The van der Waals surface area contributed by atoms with E-state index in [0.29, 0.717) is 5.69 Å². The van der Waals surface area contributed by atoms with Gasteiger partial charge in [0.2, 0.25) is 0 Å². The van der Waals surface area contributed by atoms with E-state index < -0.39 is 17.7 Å². The molecule has 0 aliphatic carbocycles. The number of nitrogens with zero attached hydrogens (tertiary/aromatic N) is 1. The molecule has 1 aliphatic heterocycles. The van der Waals surface area contributed by atoms with Gasteiger partial charge in [-0.05, 0) is 30.3 Å². The van der Waals surface area contributed by atoms with Crippen LogP contribution in [0.15, 0.2) is 47.3 Å². The van der Waals surface area contributed by atoms with Gasteiger partial charge >= 0.3 is 6.03 Å². The summed E-state index contributed by atoms with van der Waals surface area (Å²) in [5.41, 5.74) is 4.91. The van der Waals surface area contributed by atoms with E-state index in [1.807, 2.05) is 11.4 Å². The van der Waals surface area contributed by atoms with Crippen LogP contribution in [0.5, 0.6) is 0 Å². The number of hydrogen-bond donors (Lipinski definition) is 4. The summed E-state index contributed by atoms with van der Waals surface area (Å²) in [6.45, 7) is 0. The Kier molecular flexibility index (Phi) is 4.13. The largest absolute Gasteiger partial charge is 0.359 e. The molecule has 3 aromatic rings. The molecule has 1 aromatic heterocycles. The molecule has 2 aromatic carbocycles. The van der Waals surface area contributed by atoms with Gasteiger partial charge in [-0.25, -0.2) is 18.6 Å². The highest BCUT2D eigenvalue weighted by Gasteiger charge is 2.22. The van der Waals surface area contributed by atoms with Gasteiger partial charge in [0.1, 0.15) is 17.8 Å². The fourth-order valence-electron chi connectivity index (χ4n) is 2.65. The minimum Gasteiger partial charge on any atom is -0.359 e. The van der Waals surface area contributed by atoms with Crippen LogP contribution < -0.4 is 21.3 Å². The third kappa shape index (κ3) is 3.42. The Morgan fingerprint density at radius 1 is 1.00 bits per heavy atom. The van der Waals surface area contributed by atoms with Gasteiger partial charge in [-0.1, -0.05) is 0 Å². The van der Waals surface area contributed by atoms with Crippen LogP contribution in [0.1, 0.15) is 11.9 Å². The number of rotatable bonds is 3. The molecule has 1 atom stereocenters. The maximum Gasteiger partial charge on any atom is 0.323 e. The van der Waals surface area contributed by atoms with Crippen molar-refractivity contribution in [3.63, 3.8) is 0 Å². The zero-order chi connectivity index (χ0) is 18.1. The molecule has 2 heterocycles. The van der Waals surface area contributed by atoms with Crippen LogP contribution in [0.3, 0.4) is 0 Å². The van der Waals surface area contributed by atoms with Crippen molar-refractivity contribution in [3.8, 4) is 0 Å². The van der Waals surface area contributed by atoms with Gasteiger partial charge in [0.15, 0.2) is 0 Å². The van der Waals surface area contributed by atoms with Gasteiger partial charge < -0.3 is 21.3 Å². The van der Waals surface area contributed by atoms with E-state index in [0.717, 1.165) is 35.3 Å². The Balaban J connectivity index is 1.43. The van der Waals surface area contributed by atoms with Crippen molar-refractivity contribution in [1.82, 2.24) is 4.98 Å². The molecule has 4 rings (SSSR count). The van der Waals surface area contributed by atoms with E-state index >= 15 is 0 Å². The fraction of sp³-hybridized carbons (Fsp3) is 0.0588. The number of nitrogens with one attached hydrogen (secondary N) is 4. The maximum atomic E-state index is 13.2. The number of carbonyl (C=O) groups excluding carboxylic acids is 1. The quantitative estimate of drug-likeness (QED) is 0.541. The zero-order valence-electron chi connectivity index (χ0n) is 13.2. The van der Waals surface area contributed by atoms with Crippen molar-refractivity contribution in [2.24, 2.45) is 0 Å². The first-order chi connectivity index (χ1) is 12.6. The summed E-state index contributed by atoms with van der Waals surface area (Å²) in [6, 6.07) is 7.53. The van der Waals surface area contributed by atoms with Crippen molar-refractivity contribution in [2.75, 3.05) is 21.3 Å². The number of thiazole rings is 1. The van der Waals surface area contributed by atoms with Crippen LogP contribution in [-0.4, -0.2) is 11.0 Å². The third-order valence-electron chi connectivity index (χ3n) is 3.74. The maximum absolute atomic E-state index is 13.2. The minimum atomic E-state index is -0.763. The van der Waals surface area contributed by atoms with Gasteiger partial charge in [0.05, 0.1) is 22.6 Å². The van der Waals surface area contributed by atoms with E-state index in [2.05, 4.69) is 26.3 Å². The molecule has 132 valence electrons. The molecule has 0 bridgehead atoms. The predicted molar refractivity (Wildman–Crippen MR) is 97.5 cm³/mol. The summed E-state index contributed by atoms with van der Waals surface area (Å²) in [5.74, 6) is -1.53. The highest BCUT2D eigenvalue weighted by atomic mass is 32.1. The lowest BCUT2D eigenvalue weighted by Gasteiger charge is -2.09. The van der Waals surface area contributed by atoms with Crippen molar-refractivity contribution >= 4 is 40.1 Å². The van der Waals surface area contributed by atoms with Gasteiger partial charge in [-0.15, -0.1) is 11.3 Å². The normalized spacial score (nSPS) is 14.9. The second kappa shape index (κ2) is 6.60. The number of halogens is 2. The van der Waals surface area contributed by atoms with E-state index in [9.17, 15) is 13.6 Å². The summed E-state index contributed by atoms with van der Waals surface area (Å²) in [6.07, 6.45) is -0.129. The molecule has 1 aliphatic rings. The Hall–Kier alpha value is -3.20. The first-order valence-corrected chi connectivity index (χ1v) is 8.60. The second-order valence-electron chi connectivity index (χ2n) is 5.63. The molecule has 0 saturated heterocycles. The molecule has 1 unspecified atom stereocenters. The Labute approximate surface area is 151 Å². The number of fused-ring (bicyclic) bond motifs is 1. The van der Waals surface area contributed by atoms with E-state index in [1.54, 1.807) is 17.6 Å². The van der Waals surface area contributed by atoms with Crippen molar-refractivity contribution in [1.29, 1.82) is 0 Å². The van der Waals surface area contributed by atoms with E-state index in [1.165, 1.54) is 11.3 Å². The average Bonchev–Trinajstić information content (AvgIpc) is 3.22. The molecular weight excluding hydrogens is 360 g/mol. The summed E-state index contributed by atoms with van der Waals surface area (Å²) in [7, 11) is 0. The van der Waals surface area contributed by atoms with E-state index in [4.69, 9.17) is 0 Å². The topological polar surface area (TPSA) is 78.1 Å². The minimum absolute atomic E-state index is 0.0320. The van der Waals surface area contributed by atoms with Gasteiger partial charge in [-0.2, -0.15) is 0 Å². The number of anilines is 4. The van der Waals surface area contributed by atoms with E-state index in [-0.39, 0.29) is 11.9 Å². The summed E-state index contributed by atoms with van der Waals surface area (Å²) in [4.78, 5) is 16.3. The second-order valence-corrected chi connectivity index (χ2v) is 6.35. The van der Waals surface area contributed by atoms with Crippen molar-refractivity contribution in [2.45, 2.75) is 6.17 Å². The molecule has 2 amide bonds. The van der Waals surface area contributed by atoms with Crippen LogP contribution in [-0.2, 0) is 0 Å². The molecule has 0 spiro atoms. The number of urea groups is 1. The average molecular weight is 373 g/mol. The molecule has 4 N–H and O–H groups in total. The lowest BCUT2D eigenvalue weighted by molar-refractivity contribution is 0.262. The van der Waals surface area contributed by atoms with Crippen LogP contribution >= 0.6 is 11.3 Å². The number of amides is 2. The van der Waals surface area contributed by atoms with Crippen molar-refractivity contribution in [3.05, 3.63) is 64.6 Å². The Morgan fingerprint density at radius 2 is 1.73 bits per heavy atom. The molecule has 26 heavy (non-hydrogen) atoms. The number of hydrogen-bond acceptors (Lipinski definition) is 5. The third-order valence-corrected chi connectivity index (χ3v) is 4.35. The molecule has 0 radical (unpaired) electrons. The molecule has 9 heteroatoms. The van der Waals surface area contributed by atoms with Crippen LogP contribution in [0.4, 0.5) is 36.3 Å². The summed E-state index contributed by atoms with van der Waals surface area (Å²) in [5, 5.41) is 13.5. The first-order valence-electron chi connectivity index (χ1n) is 7.66. The Bertz CT molecular complexity index is 944. The highest BCUT2D eigenvalue weighted by Crippen LogP contribution is 2.36. The predicted octanol–water partition coefficient (Wildman–Crippen LogP) is 4.60. The van der Waals surface area contributed by atoms with Gasteiger partial charge in [0, 0.05) is 22.8 Å². The number of carbonyl (C=O) groups is 1. The van der Waals surface area contributed by atoms with Crippen LogP contribution in [0, 0.1) is 11.6 Å². The number of benzene rings is 2. The first kappa shape index (κ1) is 16.3. The van der Waals surface area contributed by atoms with Gasteiger partial charge in [-0.3, -0.25) is 0 Å².